The van der Waals surface area contributed by atoms with Gasteiger partial charge in [-0.3, -0.25) is 4.68 Å². The van der Waals surface area contributed by atoms with Gasteiger partial charge < -0.3 is 15.4 Å². The summed E-state index contributed by atoms with van der Waals surface area (Å²) in [6.07, 6.45) is 6.87. The van der Waals surface area contributed by atoms with Crippen LogP contribution in [0.5, 0.6) is 11.8 Å². The lowest BCUT2D eigenvalue weighted by Crippen LogP contribution is -2.31. The number of nitrogens with two attached hydrogens (primary N) is 1. The standard InChI is InChI=1S/C12H17N7O/c1-18-8-9(7-14-18)20-12-16-10(13)15-11(17-12)19-5-3-2-4-6-19/h7-8H,2-6H2,1H3,(H2,13,15,16,17). The maximum Gasteiger partial charge on any atom is 0.328 e. The van der Waals surface area contributed by atoms with Crippen LogP contribution in [-0.2, 0) is 7.05 Å². The molecule has 1 aliphatic heterocycles. The van der Waals surface area contributed by atoms with E-state index in [1.807, 2.05) is 7.05 Å². The number of aromatic nitrogens is 5. The predicted molar refractivity (Wildman–Crippen MR) is 73.6 cm³/mol. The minimum Gasteiger partial charge on any atom is -0.421 e. The first kappa shape index (κ1) is 12.6. The van der Waals surface area contributed by atoms with Crippen LogP contribution in [0.4, 0.5) is 11.9 Å². The van der Waals surface area contributed by atoms with E-state index in [2.05, 4.69) is 25.0 Å². The molecule has 20 heavy (non-hydrogen) atoms. The molecule has 1 saturated heterocycles. The van der Waals surface area contributed by atoms with Crippen molar-refractivity contribution in [2.75, 3.05) is 23.7 Å². The second kappa shape index (κ2) is 5.32. The molecule has 0 radical (unpaired) electrons. The summed E-state index contributed by atoms with van der Waals surface area (Å²) in [5.41, 5.74) is 5.74. The molecule has 0 atom stereocenters. The number of nitrogen functional groups attached to an aromatic ring is 1. The van der Waals surface area contributed by atoms with Crippen LogP contribution in [0.15, 0.2) is 12.4 Å². The molecule has 8 nitrogen and oxygen atoms in total. The predicted octanol–water partition coefficient (Wildman–Crippen LogP) is 0.970. The Kier molecular flexibility index (Phi) is 3.36. The zero-order valence-corrected chi connectivity index (χ0v) is 11.4. The van der Waals surface area contributed by atoms with Gasteiger partial charge in [-0.15, -0.1) is 0 Å². The normalized spacial score (nSPS) is 15.3. The lowest BCUT2D eigenvalue weighted by atomic mass is 10.1. The first-order valence-electron chi connectivity index (χ1n) is 6.64. The minimum absolute atomic E-state index is 0.166. The molecule has 2 N–H and O–H groups in total. The lowest BCUT2D eigenvalue weighted by molar-refractivity contribution is 0.438. The van der Waals surface area contributed by atoms with Gasteiger partial charge in [-0.2, -0.15) is 20.1 Å². The first-order valence-corrected chi connectivity index (χ1v) is 6.64. The molecule has 0 unspecified atom stereocenters. The summed E-state index contributed by atoms with van der Waals surface area (Å²) in [5, 5.41) is 4.03. The third-order valence-electron chi connectivity index (χ3n) is 3.15. The minimum atomic E-state index is 0.166. The van der Waals surface area contributed by atoms with Crippen LogP contribution in [0.25, 0.3) is 0 Å². The number of aryl methyl sites for hydroxylation is 1. The Labute approximate surface area is 116 Å². The fourth-order valence-corrected chi connectivity index (χ4v) is 2.20. The van der Waals surface area contributed by atoms with Crippen LogP contribution in [0, 0.1) is 0 Å². The van der Waals surface area contributed by atoms with Crippen molar-refractivity contribution in [1.82, 2.24) is 24.7 Å². The third-order valence-corrected chi connectivity index (χ3v) is 3.15. The van der Waals surface area contributed by atoms with Crippen molar-refractivity contribution >= 4 is 11.9 Å². The zero-order chi connectivity index (χ0) is 13.9. The van der Waals surface area contributed by atoms with Crippen LogP contribution >= 0.6 is 0 Å². The molecule has 2 aromatic rings. The summed E-state index contributed by atoms with van der Waals surface area (Å²) in [6.45, 7) is 1.88. The van der Waals surface area contributed by atoms with Crippen molar-refractivity contribution in [2.24, 2.45) is 7.05 Å². The molecule has 1 aliphatic rings. The van der Waals surface area contributed by atoms with Gasteiger partial charge in [0.05, 0.1) is 12.4 Å². The van der Waals surface area contributed by atoms with Gasteiger partial charge in [0.2, 0.25) is 11.9 Å². The van der Waals surface area contributed by atoms with E-state index in [-0.39, 0.29) is 12.0 Å². The Balaban J connectivity index is 1.82. The maximum atomic E-state index is 5.74. The van der Waals surface area contributed by atoms with Gasteiger partial charge in [0.15, 0.2) is 5.75 Å². The fraction of sp³-hybridized carbons (Fsp3) is 0.500. The lowest BCUT2D eigenvalue weighted by Gasteiger charge is -2.26. The van der Waals surface area contributed by atoms with Gasteiger partial charge in [0.1, 0.15) is 0 Å². The Morgan fingerprint density at radius 2 is 1.95 bits per heavy atom. The molecule has 0 saturated carbocycles. The topological polar surface area (TPSA) is 95.0 Å². The number of nitrogens with zero attached hydrogens (tertiary/aromatic N) is 6. The van der Waals surface area contributed by atoms with E-state index < -0.39 is 0 Å². The average molecular weight is 275 g/mol. The molecular weight excluding hydrogens is 258 g/mol. The van der Waals surface area contributed by atoms with E-state index in [1.165, 1.54) is 6.42 Å². The molecule has 0 aliphatic carbocycles. The largest absolute Gasteiger partial charge is 0.421 e. The SMILES string of the molecule is Cn1cc(Oc2nc(N)nc(N3CCCCC3)n2)cn1. The second-order valence-corrected chi connectivity index (χ2v) is 4.78. The quantitative estimate of drug-likeness (QED) is 0.891. The van der Waals surface area contributed by atoms with E-state index in [9.17, 15) is 0 Å². The van der Waals surface area contributed by atoms with Gasteiger partial charge in [-0.1, -0.05) is 0 Å². The summed E-state index contributed by atoms with van der Waals surface area (Å²) in [7, 11) is 1.81. The van der Waals surface area contributed by atoms with Crippen LogP contribution in [0.1, 0.15) is 19.3 Å². The van der Waals surface area contributed by atoms with Gasteiger partial charge in [-0.05, 0) is 19.3 Å². The number of anilines is 2. The summed E-state index contributed by atoms with van der Waals surface area (Å²) < 4.78 is 7.20. The average Bonchev–Trinajstić information content (AvgIpc) is 2.84. The van der Waals surface area contributed by atoms with Crippen LogP contribution in [-0.4, -0.2) is 37.8 Å². The highest BCUT2D eigenvalue weighted by atomic mass is 16.5. The summed E-state index contributed by atoms with van der Waals surface area (Å²) in [6, 6.07) is 0.200. The number of ether oxygens (including phenoxy) is 1. The number of piperidine rings is 1. The highest BCUT2D eigenvalue weighted by Gasteiger charge is 2.16. The Morgan fingerprint density at radius 1 is 1.15 bits per heavy atom. The molecule has 3 rings (SSSR count). The van der Waals surface area contributed by atoms with Crippen molar-refractivity contribution in [1.29, 1.82) is 0 Å². The molecule has 0 spiro atoms. The summed E-state index contributed by atoms with van der Waals surface area (Å²) in [5.74, 6) is 1.32. The maximum absolute atomic E-state index is 5.74. The molecule has 0 bridgehead atoms. The fourth-order valence-electron chi connectivity index (χ4n) is 2.20. The van der Waals surface area contributed by atoms with Gasteiger partial charge in [0.25, 0.3) is 0 Å². The van der Waals surface area contributed by atoms with E-state index in [0.717, 1.165) is 25.9 Å². The van der Waals surface area contributed by atoms with Gasteiger partial charge in [-0.25, -0.2) is 0 Å². The van der Waals surface area contributed by atoms with Crippen LogP contribution < -0.4 is 15.4 Å². The first-order chi connectivity index (χ1) is 9.70. The van der Waals surface area contributed by atoms with E-state index >= 15 is 0 Å². The molecule has 3 heterocycles. The second-order valence-electron chi connectivity index (χ2n) is 4.78. The zero-order valence-electron chi connectivity index (χ0n) is 11.4. The monoisotopic (exact) mass is 275 g/mol. The third kappa shape index (κ3) is 2.79. The Morgan fingerprint density at radius 3 is 2.65 bits per heavy atom. The van der Waals surface area contributed by atoms with Gasteiger partial charge >= 0.3 is 6.01 Å². The van der Waals surface area contributed by atoms with E-state index in [1.54, 1.807) is 17.1 Å². The van der Waals surface area contributed by atoms with Crippen LogP contribution in [0.3, 0.4) is 0 Å². The summed E-state index contributed by atoms with van der Waals surface area (Å²) in [4.78, 5) is 14.6. The van der Waals surface area contributed by atoms with Crippen LogP contribution in [0.2, 0.25) is 0 Å². The van der Waals surface area contributed by atoms with Crippen molar-refractivity contribution in [2.45, 2.75) is 19.3 Å². The molecule has 0 aromatic carbocycles. The molecule has 106 valence electrons. The number of hydrogen-bond acceptors (Lipinski definition) is 7. The van der Waals surface area contributed by atoms with Crippen molar-refractivity contribution < 1.29 is 4.74 Å². The molecule has 8 heteroatoms. The Bertz CT molecular complexity index is 591. The highest BCUT2D eigenvalue weighted by Crippen LogP contribution is 2.21. The van der Waals surface area contributed by atoms with Crippen molar-refractivity contribution in [3.8, 4) is 11.8 Å². The molecule has 0 amide bonds. The number of hydrogen-bond donors (Lipinski definition) is 1. The molecule has 2 aromatic heterocycles. The molecule has 1 fully saturated rings. The van der Waals surface area contributed by atoms with E-state index in [4.69, 9.17) is 10.5 Å². The smallest absolute Gasteiger partial charge is 0.328 e. The summed E-state index contributed by atoms with van der Waals surface area (Å²) >= 11 is 0. The van der Waals surface area contributed by atoms with E-state index in [0.29, 0.717) is 11.7 Å². The number of rotatable bonds is 3. The molecular formula is C12H17N7O. The highest BCUT2D eigenvalue weighted by molar-refractivity contribution is 5.37. The Hall–Kier alpha value is -2.38. The van der Waals surface area contributed by atoms with Gasteiger partial charge in [0, 0.05) is 20.1 Å². The van der Waals surface area contributed by atoms with Crippen molar-refractivity contribution in [3.63, 3.8) is 0 Å². The van der Waals surface area contributed by atoms with Crippen molar-refractivity contribution in [3.05, 3.63) is 12.4 Å².